The summed E-state index contributed by atoms with van der Waals surface area (Å²) in [6.45, 7) is 12.5. The summed E-state index contributed by atoms with van der Waals surface area (Å²) < 4.78 is 13.7. The third-order valence-corrected chi connectivity index (χ3v) is 5.24. The van der Waals surface area contributed by atoms with Crippen LogP contribution in [0.4, 0.5) is 4.79 Å². The molecular weight excluding hydrogens is 400 g/mol. The molecule has 3 rings (SSSR count). The number of carbonyl (C=O) groups excluding carboxylic acids is 1. The molecule has 0 N–H and O–H groups in total. The lowest BCUT2D eigenvalue weighted by molar-refractivity contribution is 0.0188. The van der Waals surface area contributed by atoms with E-state index < -0.39 is 16.7 Å². The van der Waals surface area contributed by atoms with Crippen LogP contribution in [0.25, 0.3) is 16.9 Å². The molecule has 0 unspecified atom stereocenters. The van der Waals surface area contributed by atoms with Gasteiger partial charge < -0.3 is 18.9 Å². The minimum atomic E-state index is -0.627. The number of nitrogens with zero attached hydrogens (tertiary/aromatic N) is 4. The number of fused-ring (bicyclic) bond motifs is 1. The number of aromatic nitrogens is 3. The van der Waals surface area contributed by atoms with E-state index in [1.54, 1.807) is 24.1 Å². The molecule has 168 valence electrons. The molecule has 2 aromatic rings. The molecule has 0 aromatic carbocycles. The third kappa shape index (κ3) is 4.65. The molecule has 3 heterocycles. The quantitative estimate of drug-likeness (QED) is 0.547. The second-order valence-corrected chi connectivity index (χ2v) is 8.63. The number of hydrogen-bond acceptors (Lipinski definition) is 6. The first-order valence-electron chi connectivity index (χ1n) is 10.5. The number of pyridine rings is 1. The van der Waals surface area contributed by atoms with Gasteiger partial charge in [0.1, 0.15) is 17.1 Å². The molecule has 0 aliphatic carbocycles. The maximum atomic E-state index is 12.9. The molecule has 0 spiro atoms. The number of ether oxygens (including phenoxy) is 2. The number of carbonyl (C=O) groups is 1. The standard InChI is InChI=1S/C22H30N4O5/c1-7-30-14(2)16-8-9-17-18(23-16)26(20(28)19(27)24(17)6)15-10-12-25(13-11-15)21(29)31-22(3,4)5/h8-9,15H,2,7,10-13H2,1,3-6H3. The lowest BCUT2D eigenvalue weighted by Crippen LogP contribution is -2.46. The first kappa shape index (κ1) is 22.6. The van der Waals surface area contributed by atoms with Crippen LogP contribution in [0.1, 0.15) is 52.3 Å². The summed E-state index contributed by atoms with van der Waals surface area (Å²) in [5.41, 5.74) is -0.353. The zero-order chi connectivity index (χ0) is 22.9. The summed E-state index contributed by atoms with van der Waals surface area (Å²) >= 11 is 0. The Morgan fingerprint density at radius 2 is 1.84 bits per heavy atom. The molecule has 1 aliphatic rings. The highest BCUT2D eigenvalue weighted by atomic mass is 16.6. The van der Waals surface area contributed by atoms with Gasteiger partial charge >= 0.3 is 17.2 Å². The summed E-state index contributed by atoms with van der Waals surface area (Å²) in [5, 5.41) is 0. The first-order chi connectivity index (χ1) is 14.5. The van der Waals surface area contributed by atoms with Crippen LogP contribution in [0.5, 0.6) is 0 Å². The van der Waals surface area contributed by atoms with Gasteiger partial charge in [-0.2, -0.15) is 0 Å². The largest absolute Gasteiger partial charge is 0.492 e. The van der Waals surface area contributed by atoms with E-state index in [0.717, 1.165) is 0 Å². The van der Waals surface area contributed by atoms with Gasteiger partial charge in [-0.15, -0.1) is 0 Å². The highest BCUT2D eigenvalue weighted by molar-refractivity contribution is 5.74. The molecule has 0 saturated carbocycles. The van der Waals surface area contributed by atoms with Crippen molar-refractivity contribution in [2.24, 2.45) is 7.05 Å². The number of likely N-dealkylation sites (tertiary alicyclic amines) is 1. The molecule has 0 radical (unpaired) electrons. The average molecular weight is 431 g/mol. The van der Waals surface area contributed by atoms with Crippen LogP contribution < -0.4 is 11.1 Å². The van der Waals surface area contributed by atoms with Crippen molar-refractivity contribution in [2.75, 3.05) is 19.7 Å². The molecular formula is C22H30N4O5. The van der Waals surface area contributed by atoms with E-state index in [2.05, 4.69) is 11.6 Å². The Hall–Kier alpha value is -3.10. The molecule has 0 bridgehead atoms. The van der Waals surface area contributed by atoms with Gasteiger partial charge in [-0.3, -0.25) is 14.2 Å². The Bertz CT molecular complexity index is 1120. The van der Waals surface area contributed by atoms with Crippen molar-refractivity contribution in [2.45, 2.75) is 52.2 Å². The molecule has 0 atom stereocenters. The minimum absolute atomic E-state index is 0.259. The number of rotatable bonds is 4. The second kappa shape index (κ2) is 8.56. The van der Waals surface area contributed by atoms with Crippen LogP contribution in [0.15, 0.2) is 28.3 Å². The average Bonchev–Trinajstić information content (AvgIpc) is 2.71. The fraction of sp³-hybridized carbons (Fsp3) is 0.545. The Labute approximate surface area is 180 Å². The van der Waals surface area contributed by atoms with Gasteiger partial charge in [0.25, 0.3) is 0 Å². The molecule has 9 nitrogen and oxygen atoms in total. The third-order valence-electron chi connectivity index (χ3n) is 5.24. The van der Waals surface area contributed by atoms with Crippen LogP contribution in [0.2, 0.25) is 0 Å². The molecule has 9 heteroatoms. The number of hydrogen-bond donors (Lipinski definition) is 0. The van der Waals surface area contributed by atoms with Crippen molar-refractivity contribution in [1.29, 1.82) is 0 Å². The molecule has 1 aliphatic heterocycles. The molecule has 2 aromatic heterocycles. The number of piperidine rings is 1. The van der Waals surface area contributed by atoms with Crippen molar-refractivity contribution >= 4 is 23.0 Å². The highest BCUT2D eigenvalue weighted by Gasteiger charge is 2.29. The van der Waals surface area contributed by atoms with Gasteiger partial charge in [0.05, 0.1) is 12.1 Å². The maximum Gasteiger partial charge on any atom is 0.410 e. The lowest BCUT2D eigenvalue weighted by atomic mass is 10.0. The fourth-order valence-electron chi connectivity index (χ4n) is 3.71. The van der Waals surface area contributed by atoms with Crippen molar-refractivity contribution in [1.82, 2.24) is 19.0 Å². The fourth-order valence-corrected chi connectivity index (χ4v) is 3.71. The molecule has 1 fully saturated rings. The van der Waals surface area contributed by atoms with Crippen molar-refractivity contribution < 1.29 is 14.3 Å². The van der Waals surface area contributed by atoms with Crippen LogP contribution in [0, 0.1) is 0 Å². The zero-order valence-corrected chi connectivity index (χ0v) is 18.8. The van der Waals surface area contributed by atoms with Crippen molar-refractivity contribution in [3.05, 3.63) is 45.1 Å². The molecule has 31 heavy (non-hydrogen) atoms. The number of amides is 1. The van der Waals surface area contributed by atoms with E-state index in [9.17, 15) is 14.4 Å². The Kier molecular flexibility index (Phi) is 6.24. The van der Waals surface area contributed by atoms with Crippen LogP contribution in [-0.2, 0) is 16.5 Å². The Morgan fingerprint density at radius 1 is 1.19 bits per heavy atom. The first-order valence-corrected chi connectivity index (χ1v) is 10.5. The SMILES string of the molecule is C=C(OCC)c1ccc2c(n1)n(C1CCN(C(=O)OC(C)(C)C)CC1)c(=O)c(=O)n2C. The number of aryl methyl sites for hydroxylation is 1. The van der Waals surface area contributed by atoms with Crippen molar-refractivity contribution in [3.63, 3.8) is 0 Å². The highest BCUT2D eigenvalue weighted by Crippen LogP contribution is 2.26. The van der Waals surface area contributed by atoms with E-state index in [1.165, 1.54) is 9.13 Å². The molecule has 1 saturated heterocycles. The summed E-state index contributed by atoms with van der Waals surface area (Å²) in [7, 11) is 1.56. The summed E-state index contributed by atoms with van der Waals surface area (Å²) in [6, 6.07) is 3.21. The van der Waals surface area contributed by atoms with E-state index in [1.807, 2.05) is 27.7 Å². The van der Waals surface area contributed by atoms with Gasteiger partial charge in [-0.05, 0) is 52.7 Å². The lowest BCUT2D eigenvalue weighted by Gasteiger charge is -2.34. The van der Waals surface area contributed by atoms with Gasteiger partial charge in [0.15, 0.2) is 5.65 Å². The summed E-state index contributed by atoms with van der Waals surface area (Å²) in [6.07, 6.45) is 0.653. The normalized spacial score (nSPS) is 15.2. The van der Waals surface area contributed by atoms with E-state index >= 15 is 0 Å². The van der Waals surface area contributed by atoms with Crippen LogP contribution >= 0.6 is 0 Å². The smallest absolute Gasteiger partial charge is 0.410 e. The van der Waals surface area contributed by atoms with Gasteiger partial charge in [-0.25, -0.2) is 9.78 Å². The zero-order valence-electron chi connectivity index (χ0n) is 18.8. The Morgan fingerprint density at radius 3 is 2.42 bits per heavy atom. The van der Waals surface area contributed by atoms with Gasteiger partial charge in [0, 0.05) is 26.2 Å². The minimum Gasteiger partial charge on any atom is -0.492 e. The maximum absolute atomic E-state index is 12.9. The Balaban J connectivity index is 1.97. The van der Waals surface area contributed by atoms with E-state index in [4.69, 9.17) is 9.47 Å². The van der Waals surface area contributed by atoms with Gasteiger partial charge in [0.2, 0.25) is 0 Å². The monoisotopic (exact) mass is 430 g/mol. The molecule has 1 amide bonds. The van der Waals surface area contributed by atoms with E-state index in [-0.39, 0.29) is 12.1 Å². The predicted molar refractivity (Wildman–Crippen MR) is 118 cm³/mol. The van der Waals surface area contributed by atoms with Gasteiger partial charge in [-0.1, -0.05) is 6.58 Å². The van der Waals surface area contributed by atoms with Crippen molar-refractivity contribution in [3.8, 4) is 0 Å². The summed E-state index contributed by atoms with van der Waals surface area (Å²) in [4.78, 5) is 44.1. The van der Waals surface area contributed by atoms with Crippen LogP contribution in [0.3, 0.4) is 0 Å². The topological polar surface area (TPSA) is 95.7 Å². The predicted octanol–water partition coefficient (Wildman–Crippen LogP) is 2.67. The second-order valence-electron chi connectivity index (χ2n) is 8.63. The van der Waals surface area contributed by atoms with E-state index in [0.29, 0.717) is 55.2 Å². The van der Waals surface area contributed by atoms with Crippen LogP contribution in [-0.4, -0.2) is 50.4 Å². The summed E-state index contributed by atoms with van der Waals surface area (Å²) in [5.74, 6) is 0.400.